The van der Waals surface area contributed by atoms with Gasteiger partial charge in [-0.25, -0.2) is 0 Å². The lowest BCUT2D eigenvalue weighted by Crippen LogP contribution is -2.24. The molecule has 1 N–H and O–H groups in total. The van der Waals surface area contributed by atoms with E-state index in [0.29, 0.717) is 6.04 Å². The lowest BCUT2D eigenvalue weighted by Gasteiger charge is -2.11. The summed E-state index contributed by atoms with van der Waals surface area (Å²) in [5, 5.41) is 3.19. The molecule has 1 heterocycles. The maximum absolute atomic E-state index is 4.46. The zero-order valence-electron chi connectivity index (χ0n) is 8.76. The van der Waals surface area contributed by atoms with Crippen LogP contribution in [0.1, 0.15) is 24.0 Å². The fourth-order valence-corrected chi connectivity index (χ4v) is 1.17. The van der Waals surface area contributed by atoms with Crippen molar-refractivity contribution < 1.29 is 0 Å². The van der Waals surface area contributed by atoms with Gasteiger partial charge in [-0.15, -0.1) is 0 Å². The smallest absolute Gasteiger partial charge is 0.0634 e. The van der Waals surface area contributed by atoms with Crippen LogP contribution in [-0.4, -0.2) is 23.1 Å². The monoisotopic (exact) mass is 179 g/mol. The van der Waals surface area contributed by atoms with Crippen LogP contribution in [0, 0.1) is 13.8 Å². The van der Waals surface area contributed by atoms with E-state index in [-0.39, 0.29) is 0 Å². The van der Waals surface area contributed by atoms with E-state index in [4.69, 9.17) is 0 Å². The first-order chi connectivity index (χ1) is 6.13. The molecule has 0 amide bonds. The van der Waals surface area contributed by atoms with E-state index < -0.39 is 0 Å². The minimum atomic E-state index is 0.454. The highest BCUT2D eigenvalue weighted by Gasteiger charge is 2.05. The van der Waals surface area contributed by atoms with Crippen LogP contribution in [0.5, 0.6) is 0 Å². The second-order valence-electron chi connectivity index (χ2n) is 3.44. The zero-order chi connectivity index (χ0) is 9.84. The fourth-order valence-electron chi connectivity index (χ4n) is 1.17. The summed E-state index contributed by atoms with van der Waals surface area (Å²) in [6.45, 7) is 6.12. The Hall–Kier alpha value is -0.960. The molecule has 1 rings (SSSR count). The van der Waals surface area contributed by atoms with Gasteiger partial charge in [-0.3, -0.25) is 9.97 Å². The van der Waals surface area contributed by atoms with Crippen LogP contribution < -0.4 is 5.32 Å². The molecule has 1 unspecified atom stereocenters. The van der Waals surface area contributed by atoms with Gasteiger partial charge in [0.1, 0.15) is 0 Å². The van der Waals surface area contributed by atoms with Gasteiger partial charge in [0.15, 0.2) is 0 Å². The van der Waals surface area contributed by atoms with Crippen LogP contribution in [0.4, 0.5) is 0 Å². The van der Waals surface area contributed by atoms with Crippen LogP contribution >= 0.6 is 0 Å². The molecule has 13 heavy (non-hydrogen) atoms. The van der Waals surface area contributed by atoms with E-state index in [1.54, 1.807) is 0 Å². The third-order valence-corrected chi connectivity index (χ3v) is 2.17. The average Bonchev–Trinajstić information content (AvgIpc) is 2.11. The number of nitrogens with one attached hydrogen (secondary N) is 1. The van der Waals surface area contributed by atoms with Crippen molar-refractivity contribution >= 4 is 0 Å². The summed E-state index contributed by atoms with van der Waals surface area (Å²) < 4.78 is 0. The van der Waals surface area contributed by atoms with E-state index in [0.717, 1.165) is 23.5 Å². The molecule has 0 radical (unpaired) electrons. The molecule has 72 valence electrons. The molecule has 0 saturated heterocycles. The molecule has 1 atom stereocenters. The topological polar surface area (TPSA) is 37.8 Å². The highest BCUT2D eigenvalue weighted by Crippen LogP contribution is 2.05. The largest absolute Gasteiger partial charge is 0.317 e. The normalized spacial score (nSPS) is 12.9. The molecule has 0 bridgehead atoms. The van der Waals surface area contributed by atoms with Crippen molar-refractivity contribution in [3.8, 4) is 0 Å². The molecule has 1 aromatic rings. The predicted molar refractivity (Wildman–Crippen MR) is 53.7 cm³/mol. The maximum Gasteiger partial charge on any atom is 0.0634 e. The maximum atomic E-state index is 4.46. The lowest BCUT2D eigenvalue weighted by molar-refractivity contribution is 0.595. The molecular weight excluding hydrogens is 162 g/mol. The van der Waals surface area contributed by atoms with E-state index in [2.05, 4.69) is 22.2 Å². The molecule has 3 nitrogen and oxygen atoms in total. The van der Waals surface area contributed by atoms with Crippen molar-refractivity contribution in [3.05, 3.63) is 23.3 Å². The third-order valence-electron chi connectivity index (χ3n) is 2.17. The zero-order valence-corrected chi connectivity index (χ0v) is 8.76. The van der Waals surface area contributed by atoms with Gasteiger partial charge in [-0.2, -0.15) is 0 Å². The summed E-state index contributed by atoms with van der Waals surface area (Å²) >= 11 is 0. The Morgan fingerprint density at radius 3 is 2.77 bits per heavy atom. The Labute approximate surface area is 79.6 Å². The number of hydrogen-bond acceptors (Lipinski definition) is 3. The highest BCUT2D eigenvalue weighted by molar-refractivity contribution is 5.12. The first-order valence-electron chi connectivity index (χ1n) is 4.60. The molecule has 0 aliphatic heterocycles. The molecule has 0 aliphatic carbocycles. The van der Waals surface area contributed by atoms with E-state index in [1.165, 1.54) is 0 Å². The van der Waals surface area contributed by atoms with Crippen molar-refractivity contribution in [2.45, 2.75) is 33.2 Å². The quantitative estimate of drug-likeness (QED) is 0.758. The Morgan fingerprint density at radius 1 is 1.46 bits per heavy atom. The number of aryl methyl sites for hydroxylation is 2. The molecule has 1 aromatic heterocycles. The minimum absolute atomic E-state index is 0.454. The van der Waals surface area contributed by atoms with Gasteiger partial charge in [-0.05, 0) is 27.8 Å². The van der Waals surface area contributed by atoms with E-state index in [1.807, 2.05) is 27.1 Å². The molecule has 3 heteroatoms. The minimum Gasteiger partial charge on any atom is -0.317 e. The van der Waals surface area contributed by atoms with Gasteiger partial charge in [0.05, 0.1) is 17.1 Å². The first kappa shape index (κ1) is 10.1. The van der Waals surface area contributed by atoms with Gasteiger partial charge in [0.25, 0.3) is 0 Å². The Morgan fingerprint density at radius 2 is 2.15 bits per heavy atom. The number of likely N-dealkylation sites (N-methyl/N-ethyl adjacent to an activating group) is 1. The summed E-state index contributed by atoms with van der Waals surface area (Å²) in [6, 6.07) is 0.454. The Kier molecular flexibility index (Phi) is 3.37. The number of hydrogen-bond donors (Lipinski definition) is 1. The van der Waals surface area contributed by atoms with Crippen LogP contribution in [-0.2, 0) is 6.42 Å². The SMILES string of the molecule is CNC(C)Cc1nc(C)cnc1C. The van der Waals surface area contributed by atoms with Gasteiger partial charge >= 0.3 is 0 Å². The fraction of sp³-hybridized carbons (Fsp3) is 0.600. The van der Waals surface area contributed by atoms with Crippen molar-refractivity contribution in [3.63, 3.8) is 0 Å². The van der Waals surface area contributed by atoms with E-state index >= 15 is 0 Å². The molecule has 0 aliphatic rings. The number of nitrogens with zero attached hydrogens (tertiary/aromatic N) is 2. The first-order valence-corrected chi connectivity index (χ1v) is 4.60. The summed E-state index contributed by atoms with van der Waals surface area (Å²) in [5.74, 6) is 0. The van der Waals surface area contributed by atoms with Gasteiger partial charge in [0.2, 0.25) is 0 Å². The molecule has 0 saturated carbocycles. The summed E-state index contributed by atoms with van der Waals surface area (Å²) in [4.78, 5) is 8.73. The van der Waals surface area contributed by atoms with Crippen LogP contribution in [0.2, 0.25) is 0 Å². The average molecular weight is 179 g/mol. The summed E-state index contributed by atoms with van der Waals surface area (Å²) in [5.41, 5.74) is 3.12. The number of aromatic nitrogens is 2. The lowest BCUT2D eigenvalue weighted by atomic mass is 10.1. The van der Waals surface area contributed by atoms with Crippen molar-refractivity contribution in [2.75, 3.05) is 7.05 Å². The Bertz CT molecular complexity index is 283. The molecular formula is C10H17N3. The summed E-state index contributed by atoms with van der Waals surface area (Å²) in [7, 11) is 1.96. The molecule has 0 fully saturated rings. The van der Waals surface area contributed by atoms with Crippen LogP contribution in [0.15, 0.2) is 6.20 Å². The molecule has 0 aromatic carbocycles. The van der Waals surface area contributed by atoms with Crippen LogP contribution in [0.25, 0.3) is 0 Å². The third kappa shape index (κ3) is 2.77. The summed E-state index contributed by atoms with van der Waals surface area (Å²) in [6.07, 6.45) is 2.75. The van der Waals surface area contributed by atoms with Crippen LogP contribution in [0.3, 0.4) is 0 Å². The van der Waals surface area contributed by atoms with E-state index in [9.17, 15) is 0 Å². The predicted octanol–water partition coefficient (Wildman–Crippen LogP) is 1.24. The van der Waals surface area contributed by atoms with Crippen molar-refractivity contribution in [2.24, 2.45) is 0 Å². The van der Waals surface area contributed by atoms with Gasteiger partial charge in [0, 0.05) is 18.7 Å². The second kappa shape index (κ2) is 4.33. The second-order valence-corrected chi connectivity index (χ2v) is 3.44. The van der Waals surface area contributed by atoms with Crippen molar-refractivity contribution in [1.29, 1.82) is 0 Å². The molecule has 0 spiro atoms. The van der Waals surface area contributed by atoms with Gasteiger partial charge in [-0.1, -0.05) is 0 Å². The van der Waals surface area contributed by atoms with Gasteiger partial charge < -0.3 is 5.32 Å². The standard InChI is InChI=1S/C10H17N3/c1-7(11-4)5-10-9(3)12-6-8(2)13-10/h6-7,11H,5H2,1-4H3. The Balaban J connectivity index is 2.81. The highest BCUT2D eigenvalue weighted by atomic mass is 14.9. The van der Waals surface area contributed by atoms with Crippen molar-refractivity contribution in [1.82, 2.24) is 15.3 Å². The number of rotatable bonds is 3.